The van der Waals surface area contributed by atoms with Crippen molar-refractivity contribution in [3.8, 4) is 0 Å². The maximum atomic E-state index is 12.4. The van der Waals surface area contributed by atoms with Crippen molar-refractivity contribution in [2.75, 3.05) is 0 Å². The van der Waals surface area contributed by atoms with E-state index >= 15 is 0 Å². The summed E-state index contributed by atoms with van der Waals surface area (Å²) in [6.45, 7) is 4.43. The minimum Gasteiger partial charge on any atom is -0.385 e. The summed E-state index contributed by atoms with van der Waals surface area (Å²) in [5, 5.41) is 10.1. The van der Waals surface area contributed by atoms with Crippen LogP contribution in [-0.2, 0) is 9.59 Å². The van der Waals surface area contributed by atoms with E-state index in [9.17, 15) is 14.7 Å². The molecule has 0 aromatic heterocycles. The Bertz CT molecular complexity index is 577. The number of aliphatic hydroxyl groups excluding tert-OH is 1. The Morgan fingerprint density at radius 1 is 1.14 bits per heavy atom. The number of carbonyl (C=O) groups is 2. The predicted molar refractivity (Wildman–Crippen MR) is 83.1 cm³/mol. The van der Waals surface area contributed by atoms with E-state index in [1.54, 1.807) is 0 Å². The zero-order chi connectivity index (χ0) is 15.7. The standard InChI is InChI=1S/C19H26O3/c1-18-7-5-12(20)9-11(18)3-4-13-14(18)6-8-19(2)15(13)10-16(21)17(19)22/h3,13-16,21H,4-10H2,1-2H3/t13-,14+,15+,16+,18+,19+/m1/s1. The number of hydrogen-bond acceptors (Lipinski definition) is 3. The van der Waals surface area contributed by atoms with Gasteiger partial charge in [-0.15, -0.1) is 0 Å². The van der Waals surface area contributed by atoms with Crippen molar-refractivity contribution >= 4 is 11.6 Å². The van der Waals surface area contributed by atoms with Gasteiger partial charge in [0.05, 0.1) is 0 Å². The van der Waals surface area contributed by atoms with Gasteiger partial charge in [0.25, 0.3) is 0 Å². The number of ketones is 2. The number of carbonyl (C=O) groups excluding carboxylic acids is 2. The number of aliphatic hydroxyl groups is 1. The molecule has 4 aliphatic rings. The van der Waals surface area contributed by atoms with Crippen LogP contribution in [0.5, 0.6) is 0 Å². The van der Waals surface area contributed by atoms with Gasteiger partial charge in [0.2, 0.25) is 0 Å². The van der Waals surface area contributed by atoms with Crippen LogP contribution < -0.4 is 0 Å². The van der Waals surface area contributed by atoms with Crippen molar-refractivity contribution in [3.05, 3.63) is 11.6 Å². The third kappa shape index (κ3) is 1.72. The largest absolute Gasteiger partial charge is 0.385 e. The molecule has 0 aromatic rings. The fourth-order valence-corrected chi connectivity index (χ4v) is 6.27. The van der Waals surface area contributed by atoms with Crippen LogP contribution in [0.15, 0.2) is 11.6 Å². The smallest absolute Gasteiger partial charge is 0.167 e. The summed E-state index contributed by atoms with van der Waals surface area (Å²) in [5.41, 5.74) is 1.19. The number of Topliss-reactive ketones (excluding diaryl/α,β-unsaturated/α-hetero) is 2. The molecule has 3 heteroatoms. The lowest BCUT2D eigenvalue weighted by molar-refractivity contribution is -0.136. The Balaban J connectivity index is 1.71. The highest BCUT2D eigenvalue weighted by Crippen LogP contribution is 2.63. The van der Waals surface area contributed by atoms with Crippen LogP contribution >= 0.6 is 0 Å². The van der Waals surface area contributed by atoms with Crippen LogP contribution in [-0.4, -0.2) is 22.8 Å². The lowest BCUT2D eigenvalue weighted by atomic mass is 9.48. The van der Waals surface area contributed by atoms with Gasteiger partial charge in [-0.1, -0.05) is 25.5 Å². The van der Waals surface area contributed by atoms with Gasteiger partial charge in [-0.3, -0.25) is 9.59 Å². The first-order chi connectivity index (χ1) is 10.4. The van der Waals surface area contributed by atoms with Crippen molar-refractivity contribution in [1.29, 1.82) is 0 Å². The van der Waals surface area contributed by atoms with Crippen LogP contribution in [0.4, 0.5) is 0 Å². The summed E-state index contributed by atoms with van der Waals surface area (Å²) in [6, 6.07) is 0. The molecular weight excluding hydrogens is 276 g/mol. The summed E-state index contributed by atoms with van der Waals surface area (Å²) >= 11 is 0. The number of rotatable bonds is 0. The molecule has 0 saturated heterocycles. The van der Waals surface area contributed by atoms with E-state index in [4.69, 9.17) is 0 Å². The second-order valence-corrected chi connectivity index (χ2v) is 8.55. The molecule has 0 spiro atoms. The van der Waals surface area contributed by atoms with E-state index in [-0.39, 0.29) is 16.6 Å². The molecule has 0 unspecified atom stereocenters. The van der Waals surface area contributed by atoms with E-state index in [0.717, 1.165) is 25.7 Å². The van der Waals surface area contributed by atoms with Crippen molar-refractivity contribution in [2.45, 2.75) is 64.9 Å². The Morgan fingerprint density at radius 3 is 2.68 bits per heavy atom. The summed E-state index contributed by atoms with van der Waals surface area (Å²) in [7, 11) is 0. The lowest BCUT2D eigenvalue weighted by Crippen LogP contribution is -2.50. The summed E-state index contributed by atoms with van der Waals surface area (Å²) < 4.78 is 0. The summed E-state index contributed by atoms with van der Waals surface area (Å²) in [5.74, 6) is 1.86. The van der Waals surface area contributed by atoms with E-state index < -0.39 is 6.10 Å². The second kappa shape index (κ2) is 4.53. The van der Waals surface area contributed by atoms with Crippen molar-refractivity contribution in [2.24, 2.45) is 28.6 Å². The number of allylic oxidation sites excluding steroid dienone is 2. The molecule has 6 atom stereocenters. The predicted octanol–water partition coefficient (Wildman–Crippen LogP) is 3.06. The van der Waals surface area contributed by atoms with E-state index in [2.05, 4.69) is 19.9 Å². The Morgan fingerprint density at radius 2 is 1.91 bits per heavy atom. The minimum atomic E-state index is -0.750. The van der Waals surface area contributed by atoms with E-state index in [1.807, 2.05) is 0 Å². The van der Waals surface area contributed by atoms with Crippen LogP contribution in [0, 0.1) is 28.6 Å². The van der Waals surface area contributed by atoms with Crippen LogP contribution in [0.1, 0.15) is 58.8 Å². The summed E-state index contributed by atoms with van der Waals surface area (Å²) in [6.07, 6.45) is 7.49. The molecule has 0 heterocycles. The Kier molecular flexibility index (Phi) is 3.01. The van der Waals surface area contributed by atoms with Gasteiger partial charge in [-0.05, 0) is 55.3 Å². The molecule has 0 radical (unpaired) electrons. The van der Waals surface area contributed by atoms with E-state index in [1.165, 1.54) is 5.57 Å². The van der Waals surface area contributed by atoms with Gasteiger partial charge in [0, 0.05) is 18.3 Å². The Hall–Kier alpha value is -0.960. The van der Waals surface area contributed by atoms with Crippen molar-refractivity contribution in [1.82, 2.24) is 0 Å². The SMILES string of the molecule is C[C@]12CCC(=O)CC1=CC[C@@H]1[C@@H]2CC[C@]2(C)C(=O)[C@@H](O)C[C@@H]12. The molecule has 120 valence electrons. The normalized spacial score (nSPS) is 51.0. The molecule has 22 heavy (non-hydrogen) atoms. The Labute approximate surface area is 132 Å². The van der Waals surface area contributed by atoms with Crippen LogP contribution in [0.25, 0.3) is 0 Å². The zero-order valence-electron chi connectivity index (χ0n) is 13.6. The van der Waals surface area contributed by atoms with Crippen LogP contribution in [0.3, 0.4) is 0 Å². The molecule has 0 amide bonds. The number of fused-ring (bicyclic) bond motifs is 5. The fourth-order valence-electron chi connectivity index (χ4n) is 6.27. The average Bonchev–Trinajstić information content (AvgIpc) is 2.72. The van der Waals surface area contributed by atoms with Gasteiger partial charge in [-0.25, -0.2) is 0 Å². The second-order valence-electron chi connectivity index (χ2n) is 8.55. The van der Waals surface area contributed by atoms with Gasteiger partial charge >= 0.3 is 0 Å². The van der Waals surface area contributed by atoms with Gasteiger partial charge in [0.1, 0.15) is 11.9 Å². The van der Waals surface area contributed by atoms with Gasteiger partial charge in [-0.2, -0.15) is 0 Å². The molecule has 4 aliphatic carbocycles. The highest BCUT2D eigenvalue weighted by atomic mass is 16.3. The molecular formula is C19H26O3. The maximum Gasteiger partial charge on any atom is 0.167 e. The summed E-state index contributed by atoms with van der Waals surface area (Å²) in [4.78, 5) is 24.3. The maximum absolute atomic E-state index is 12.4. The van der Waals surface area contributed by atoms with Gasteiger partial charge in [0.15, 0.2) is 5.78 Å². The molecule has 3 saturated carbocycles. The van der Waals surface area contributed by atoms with Gasteiger partial charge < -0.3 is 5.11 Å². The molecule has 0 bridgehead atoms. The molecule has 3 fully saturated rings. The quantitative estimate of drug-likeness (QED) is 0.700. The third-order valence-corrected chi connectivity index (χ3v) is 7.67. The average molecular weight is 302 g/mol. The molecule has 0 aromatic carbocycles. The minimum absolute atomic E-state index is 0.0784. The molecule has 4 rings (SSSR count). The third-order valence-electron chi connectivity index (χ3n) is 7.67. The zero-order valence-corrected chi connectivity index (χ0v) is 13.6. The highest BCUT2D eigenvalue weighted by molar-refractivity contribution is 5.91. The van der Waals surface area contributed by atoms with Crippen molar-refractivity contribution < 1.29 is 14.7 Å². The molecule has 0 aliphatic heterocycles. The lowest BCUT2D eigenvalue weighted by Gasteiger charge is -2.56. The monoisotopic (exact) mass is 302 g/mol. The molecule has 1 N–H and O–H groups in total. The first kappa shape index (κ1) is 14.6. The van der Waals surface area contributed by atoms with Crippen molar-refractivity contribution in [3.63, 3.8) is 0 Å². The first-order valence-electron chi connectivity index (χ1n) is 8.80. The topological polar surface area (TPSA) is 54.4 Å². The highest BCUT2D eigenvalue weighted by Gasteiger charge is 2.60. The number of hydrogen-bond donors (Lipinski definition) is 1. The first-order valence-corrected chi connectivity index (χ1v) is 8.80. The van der Waals surface area contributed by atoms with Crippen LogP contribution in [0.2, 0.25) is 0 Å². The molecule has 3 nitrogen and oxygen atoms in total. The van der Waals surface area contributed by atoms with E-state index in [0.29, 0.717) is 42.8 Å². The fraction of sp³-hybridized carbons (Fsp3) is 0.789.